The fourth-order valence-corrected chi connectivity index (χ4v) is 12.5. The summed E-state index contributed by atoms with van der Waals surface area (Å²) in [6, 6.07) is 0.356. The predicted molar refractivity (Wildman–Crippen MR) is 221 cm³/mol. The van der Waals surface area contributed by atoms with Gasteiger partial charge in [0.15, 0.2) is 18.5 Å². The standard InChI is InChI=1S/C32H58N11O14P3S/c1-41(15-7-11-34-24(44)10-4-3-9-23-25-21(18-61-23)39-32(47)40-25)13-5-6-14-42(2)16-8-12-38-58(48,49)56-60(52,53)57-59(50,51)54-17-22-27(45)28(46)31(55-22)43-20-37-26-29(33)35-19-36-30(26)43/h19-23,25,27-28,31,45-46H,3-18H2,1-2H3,(H9,33,34,35,36,38,39,40,44,47,48,49,50,51,52,53)/p+2/t21-,22+,23-,25-,27+,28+,31+/m0/s1. The highest BCUT2D eigenvalue weighted by atomic mass is 32.2. The molecule has 2 amide bonds. The first-order chi connectivity index (χ1) is 28.8. The third-order valence-electron chi connectivity index (χ3n) is 10.4. The zero-order chi connectivity index (χ0) is 44.4. The molecule has 10 atom stereocenters. The number of H-pyrrole nitrogens is 1. The van der Waals surface area contributed by atoms with Crippen LogP contribution in [0, 0.1) is 0 Å². The van der Waals surface area contributed by atoms with Gasteiger partial charge in [-0.1, -0.05) is 11.4 Å². The minimum atomic E-state index is -5.67. The van der Waals surface area contributed by atoms with E-state index in [9.17, 15) is 48.5 Å². The maximum absolute atomic E-state index is 12.5. The first-order valence-electron chi connectivity index (χ1n) is 20.0. The number of anilines is 1. The van der Waals surface area contributed by atoms with Crippen molar-refractivity contribution >= 4 is 64.1 Å². The Bertz CT molecular complexity index is 1940. The van der Waals surface area contributed by atoms with Gasteiger partial charge in [0.2, 0.25) is 11.7 Å². The minimum absolute atomic E-state index is 0.0755. The highest BCUT2D eigenvalue weighted by Crippen LogP contribution is 2.66. The summed E-state index contributed by atoms with van der Waals surface area (Å²) in [7, 11) is -12.2. The zero-order valence-corrected chi connectivity index (χ0v) is 37.5. The van der Waals surface area contributed by atoms with Gasteiger partial charge in [0.25, 0.3) is 0 Å². The molecule has 0 aliphatic carbocycles. The van der Waals surface area contributed by atoms with Crippen molar-refractivity contribution in [2.75, 3.05) is 71.5 Å². The normalized spacial score (nSPS) is 27.3. The van der Waals surface area contributed by atoms with Gasteiger partial charge in [-0.15, -0.1) is 0 Å². The van der Waals surface area contributed by atoms with Gasteiger partial charge in [-0.2, -0.15) is 25.4 Å². The Hall–Kier alpha value is -2.35. The molecule has 3 fully saturated rings. The summed E-state index contributed by atoms with van der Waals surface area (Å²) < 4.78 is 57.4. The van der Waals surface area contributed by atoms with Crippen LogP contribution in [-0.4, -0.2) is 168 Å². The number of aliphatic hydroxyl groups is 3. The second-order valence-electron chi connectivity index (χ2n) is 15.3. The molecule has 3 aliphatic rings. The molecule has 13 N–H and O–H groups in total. The lowest BCUT2D eigenvalue weighted by Gasteiger charge is -2.21. The van der Waals surface area contributed by atoms with E-state index in [2.05, 4.69) is 49.2 Å². The van der Waals surface area contributed by atoms with Gasteiger partial charge in [-0.05, 0) is 65.8 Å². The molecule has 0 saturated carbocycles. The predicted octanol–water partition coefficient (Wildman–Crippen LogP) is -1.43. The molecule has 0 radical (unpaired) electrons. The summed E-state index contributed by atoms with van der Waals surface area (Å²) >= 11 is 1.90. The number of hydrogen-bond acceptors (Lipinski definition) is 16. The molecule has 3 aliphatic heterocycles. The molecule has 3 unspecified atom stereocenters. The number of carbonyl (C=O) groups is 1. The Labute approximate surface area is 357 Å². The van der Waals surface area contributed by atoms with Crippen molar-refractivity contribution in [3.8, 4) is 0 Å². The molecule has 61 heavy (non-hydrogen) atoms. The Kier molecular flexibility index (Phi) is 18.3. The van der Waals surface area contributed by atoms with E-state index in [-0.39, 0.29) is 36.1 Å². The molecule has 0 bridgehead atoms. The quantitative estimate of drug-likeness (QED) is 0.0122. The van der Waals surface area contributed by atoms with E-state index in [0.29, 0.717) is 42.6 Å². The number of nitrogens with zero attached hydrogens (tertiary/aromatic N) is 5. The van der Waals surface area contributed by atoms with Gasteiger partial charge >= 0.3 is 41.0 Å². The van der Waals surface area contributed by atoms with E-state index in [4.69, 9.17) is 15.0 Å². The molecule has 0 aromatic carbocycles. The SMILES string of the molecule is CN(CCCCN(C)CCC[NH+]=C(O)CCCC[C@@H]1SC[C@@H]2NC(=O)N[C@@H]21)CCCNP(=O)(O)OP(=O)(O)OP(=O)(O)OC[C@H]1O[C@@H]([n+]2c[nH]c3c(N)ncnc32)[C@H](O)[C@@H]1O. The van der Waals surface area contributed by atoms with Crippen LogP contribution >= 0.6 is 35.2 Å². The van der Waals surface area contributed by atoms with Gasteiger partial charge < -0.3 is 60.9 Å². The number of amides is 2. The number of fused-ring (bicyclic) bond motifs is 2. The molecule has 2 aromatic rings. The van der Waals surface area contributed by atoms with E-state index >= 15 is 0 Å². The molecule has 29 heteroatoms. The van der Waals surface area contributed by atoms with Crippen LogP contribution in [0.15, 0.2) is 12.7 Å². The van der Waals surface area contributed by atoms with Crippen molar-refractivity contribution in [1.82, 2.24) is 40.5 Å². The number of thioether (sulfide) groups is 1. The van der Waals surface area contributed by atoms with E-state index < -0.39 is 54.5 Å². The van der Waals surface area contributed by atoms with Crippen LogP contribution < -0.4 is 31.0 Å². The number of nitrogens with one attached hydrogen (secondary N) is 5. The van der Waals surface area contributed by atoms with Crippen LogP contribution in [0.2, 0.25) is 0 Å². The number of carbonyl (C=O) groups excluding carboxylic acids is 1. The number of nitrogens with two attached hydrogens (primary N) is 1. The second-order valence-corrected chi connectivity index (χ2v) is 21.3. The molecular formula is C32H60N11O14P3S+2. The average Bonchev–Trinajstić information content (AvgIpc) is 3.94. The fraction of sp³-hybridized carbons (Fsp3) is 0.781. The van der Waals surface area contributed by atoms with Gasteiger partial charge in [0, 0.05) is 30.5 Å². The van der Waals surface area contributed by atoms with E-state index in [1.54, 1.807) is 0 Å². The summed E-state index contributed by atoms with van der Waals surface area (Å²) in [5.74, 6) is 1.36. The molecule has 2 aromatic heterocycles. The number of aromatic nitrogens is 4. The van der Waals surface area contributed by atoms with Gasteiger partial charge in [0.05, 0.1) is 25.1 Å². The maximum atomic E-state index is 12.5. The Morgan fingerprint density at radius 2 is 1.70 bits per heavy atom. The number of phosphoric ester groups is 1. The summed E-state index contributed by atoms with van der Waals surface area (Å²) in [5, 5.41) is 39.8. The molecule has 3 saturated heterocycles. The number of urea groups is 1. The summed E-state index contributed by atoms with van der Waals surface area (Å²) in [4.78, 5) is 59.7. The summed E-state index contributed by atoms with van der Waals surface area (Å²) in [6.45, 7) is 2.68. The third kappa shape index (κ3) is 15.1. The fourth-order valence-electron chi connectivity index (χ4n) is 7.22. The third-order valence-corrected chi connectivity index (χ3v) is 16.3. The van der Waals surface area contributed by atoms with Crippen LogP contribution in [0.25, 0.3) is 11.2 Å². The number of rotatable bonds is 27. The van der Waals surface area contributed by atoms with E-state index in [0.717, 1.165) is 63.9 Å². The minimum Gasteiger partial charge on any atom is -0.464 e. The van der Waals surface area contributed by atoms with Crippen LogP contribution in [-0.2, 0) is 31.6 Å². The van der Waals surface area contributed by atoms with Crippen molar-refractivity contribution in [2.45, 2.75) is 93.2 Å². The first-order valence-corrected chi connectivity index (χ1v) is 25.6. The van der Waals surface area contributed by atoms with Crippen molar-refractivity contribution in [2.24, 2.45) is 0 Å². The van der Waals surface area contributed by atoms with Crippen LogP contribution in [0.1, 0.15) is 57.6 Å². The molecule has 5 rings (SSSR count). The number of unbranched alkanes of at least 4 members (excludes halogenated alkanes) is 2. The highest BCUT2D eigenvalue weighted by molar-refractivity contribution is 8.00. The average molecular weight is 948 g/mol. The lowest BCUT2D eigenvalue weighted by atomic mass is 10.0. The monoisotopic (exact) mass is 947 g/mol. The van der Waals surface area contributed by atoms with Gasteiger partial charge in [-0.3, -0.25) is 9.51 Å². The number of nitrogen functional groups attached to an aromatic ring is 1. The maximum Gasteiger partial charge on any atom is 0.489 e. The lowest BCUT2D eigenvalue weighted by Crippen LogP contribution is -2.73. The molecule has 0 spiro atoms. The van der Waals surface area contributed by atoms with Crippen molar-refractivity contribution in [3.05, 3.63) is 12.7 Å². The topological polar surface area (TPSA) is 355 Å². The van der Waals surface area contributed by atoms with Gasteiger partial charge in [-0.25, -0.2) is 33.1 Å². The number of aliphatic hydroxyl groups excluding tert-OH is 3. The molecule has 5 heterocycles. The van der Waals surface area contributed by atoms with Gasteiger partial charge in [0.1, 0.15) is 24.9 Å². The Morgan fingerprint density at radius 1 is 1.00 bits per heavy atom. The van der Waals surface area contributed by atoms with Crippen molar-refractivity contribution < 1.29 is 75.9 Å². The van der Waals surface area contributed by atoms with Crippen molar-refractivity contribution in [1.29, 1.82) is 0 Å². The second kappa shape index (κ2) is 22.5. The molecular weight excluding hydrogens is 887 g/mol. The first kappa shape index (κ1) is 49.7. The lowest BCUT2D eigenvalue weighted by molar-refractivity contribution is -0.745. The summed E-state index contributed by atoms with van der Waals surface area (Å²) in [5.41, 5.74) is 6.34. The van der Waals surface area contributed by atoms with E-state index in [1.807, 2.05) is 30.8 Å². The van der Waals surface area contributed by atoms with Crippen molar-refractivity contribution in [3.63, 3.8) is 0 Å². The van der Waals surface area contributed by atoms with E-state index in [1.165, 1.54) is 17.2 Å². The Balaban J connectivity index is 0.881. The number of phosphoric acid groups is 2. The summed E-state index contributed by atoms with van der Waals surface area (Å²) in [6.07, 6.45) is 3.15. The smallest absolute Gasteiger partial charge is 0.464 e. The van der Waals surface area contributed by atoms with Crippen LogP contribution in [0.4, 0.5) is 10.6 Å². The molecule has 346 valence electrons. The number of ether oxygens (including phenoxy) is 1. The Morgan fingerprint density at radius 3 is 2.44 bits per heavy atom. The number of hydrogen-bond donors (Lipinski definition) is 12. The largest absolute Gasteiger partial charge is 0.489 e. The number of aromatic amines is 1. The van der Waals surface area contributed by atoms with Crippen LogP contribution in [0.3, 0.4) is 0 Å². The number of imidazole rings is 1. The van der Waals surface area contributed by atoms with Crippen LogP contribution in [0.5, 0.6) is 0 Å². The zero-order valence-electron chi connectivity index (χ0n) is 34.0. The highest BCUT2D eigenvalue weighted by Gasteiger charge is 2.49. The molecule has 25 nitrogen and oxygen atoms in total.